The van der Waals surface area contributed by atoms with Crippen molar-refractivity contribution in [3.05, 3.63) is 66.0 Å². The zero-order valence-electron chi connectivity index (χ0n) is 11.8. The summed E-state index contributed by atoms with van der Waals surface area (Å²) in [4.78, 5) is 4.58. The number of rotatable bonds is 2. The summed E-state index contributed by atoms with van der Waals surface area (Å²) in [6.07, 6.45) is 1.98. The Morgan fingerprint density at radius 1 is 1.25 bits per heavy atom. The average molecular weight is 287 g/mol. The Labute approximate surface area is 126 Å². The zero-order valence-corrected chi connectivity index (χ0v) is 12.6. The Bertz CT molecular complexity index is 633. The molecule has 1 aromatic heterocycles. The van der Waals surface area contributed by atoms with Crippen molar-refractivity contribution >= 4 is 23.7 Å². The highest BCUT2D eigenvalue weighted by molar-refractivity contribution is 5.85. The molecule has 104 valence electrons. The van der Waals surface area contributed by atoms with Gasteiger partial charge in [0.25, 0.3) is 0 Å². The third-order valence-corrected chi connectivity index (χ3v) is 3.79. The highest BCUT2D eigenvalue weighted by Gasteiger charge is 2.30. The van der Waals surface area contributed by atoms with E-state index in [4.69, 9.17) is 0 Å². The molecule has 1 aromatic carbocycles. The smallest absolute Gasteiger partial charge is 0.0722 e. The van der Waals surface area contributed by atoms with Gasteiger partial charge < -0.3 is 5.32 Å². The minimum Gasteiger partial charge on any atom is -0.384 e. The number of hydrogen-bond donors (Lipinski definition) is 1. The van der Waals surface area contributed by atoms with E-state index in [1.807, 2.05) is 24.4 Å². The van der Waals surface area contributed by atoms with E-state index in [0.717, 1.165) is 23.4 Å². The Balaban J connectivity index is 0.00000147. The fraction of sp³-hybridized carbons (Fsp3) is 0.235. The summed E-state index contributed by atoms with van der Waals surface area (Å²) < 4.78 is 0. The summed E-state index contributed by atoms with van der Waals surface area (Å²) in [6, 6.07) is 12.3. The van der Waals surface area contributed by atoms with E-state index in [0.29, 0.717) is 0 Å². The van der Waals surface area contributed by atoms with Crippen molar-refractivity contribution in [1.82, 2.24) is 4.98 Å². The molecule has 0 saturated carbocycles. The Morgan fingerprint density at radius 3 is 2.65 bits per heavy atom. The van der Waals surface area contributed by atoms with Crippen molar-refractivity contribution < 1.29 is 0 Å². The second kappa shape index (κ2) is 5.29. The summed E-state index contributed by atoms with van der Waals surface area (Å²) >= 11 is 0. The minimum atomic E-state index is 0. The summed E-state index contributed by atoms with van der Waals surface area (Å²) in [5.74, 6) is 0. The molecule has 0 aliphatic carbocycles. The average Bonchev–Trinajstić information content (AvgIpc) is 2.74. The van der Waals surface area contributed by atoms with E-state index in [1.54, 1.807) is 0 Å². The van der Waals surface area contributed by atoms with Crippen LogP contribution >= 0.6 is 12.4 Å². The number of anilines is 1. The van der Waals surface area contributed by atoms with Gasteiger partial charge in [-0.1, -0.05) is 50.8 Å². The van der Waals surface area contributed by atoms with Gasteiger partial charge in [-0.15, -0.1) is 12.4 Å². The molecule has 20 heavy (non-hydrogen) atoms. The van der Waals surface area contributed by atoms with Crippen LogP contribution in [-0.4, -0.2) is 11.5 Å². The Morgan fingerprint density at radius 2 is 1.95 bits per heavy atom. The molecule has 0 fully saturated rings. The second-order valence-electron chi connectivity index (χ2n) is 5.70. The lowest BCUT2D eigenvalue weighted by Gasteiger charge is -2.16. The van der Waals surface area contributed by atoms with Gasteiger partial charge in [-0.3, -0.25) is 4.98 Å². The molecule has 1 aliphatic heterocycles. The lowest BCUT2D eigenvalue weighted by molar-refractivity contribution is 0.584. The van der Waals surface area contributed by atoms with Crippen molar-refractivity contribution in [2.24, 2.45) is 0 Å². The van der Waals surface area contributed by atoms with Gasteiger partial charge in [0.1, 0.15) is 0 Å². The van der Waals surface area contributed by atoms with Crippen LogP contribution in [0.5, 0.6) is 0 Å². The first kappa shape index (κ1) is 14.6. The van der Waals surface area contributed by atoms with Gasteiger partial charge in [-0.2, -0.15) is 0 Å². The first-order valence-corrected chi connectivity index (χ1v) is 6.57. The molecule has 0 spiro atoms. The van der Waals surface area contributed by atoms with E-state index in [2.05, 4.69) is 48.9 Å². The number of nitrogens with zero attached hydrogens (tertiary/aromatic N) is 1. The topological polar surface area (TPSA) is 24.9 Å². The molecule has 2 heterocycles. The molecule has 0 bridgehead atoms. The van der Waals surface area contributed by atoms with Crippen molar-refractivity contribution in [2.45, 2.75) is 19.3 Å². The van der Waals surface area contributed by atoms with Gasteiger partial charge in [-0.25, -0.2) is 0 Å². The van der Waals surface area contributed by atoms with Crippen LogP contribution in [0.25, 0.3) is 5.57 Å². The van der Waals surface area contributed by atoms with Crippen LogP contribution < -0.4 is 5.32 Å². The standard InChI is InChI=1S/C17H18N2.ClH/c1-12(13-7-5-4-6-8-13)15-9-16-14(10-18-15)17(2,3)11-19-16;/h4-10,19H,1,11H2,2-3H3;1H. The molecule has 3 heteroatoms. The molecular formula is C17H19ClN2. The van der Waals surface area contributed by atoms with E-state index in [1.165, 1.54) is 11.3 Å². The number of benzene rings is 1. The molecule has 2 aromatic rings. The van der Waals surface area contributed by atoms with Crippen LogP contribution in [-0.2, 0) is 5.41 Å². The summed E-state index contributed by atoms with van der Waals surface area (Å²) in [6.45, 7) is 9.60. The van der Waals surface area contributed by atoms with Crippen LogP contribution in [0.2, 0.25) is 0 Å². The lowest BCUT2D eigenvalue weighted by Crippen LogP contribution is -2.19. The first-order valence-electron chi connectivity index (χ1n) is 6.57. The molecule has 0 unspecified atom stereocenters. The quantitative estimate of drug-likeness (QED) is 0.892. The predicted molar refractivity (Wildman–Crippen MR) is 87.6 cm³/mol. The molecule has 1 aliphatic rings. The van der Waals surface area contributed by atoms with Crippen molar-refractivity contribution in [3.63, 3.8) is 0 Å². The highest BCUT2D eigenvalue weighted by atomic mass is 35.5. The maximum Gasteiger partial charge on any atom is 0.0722 e. The zero-order chi connectivity index (χ0) is 13.5. The molecule has 3 rings (SSSR count). The molecule has 0 amide bonds. The summed E-state index contributed by atoms with van der Waals surface area (Å²) in [5, 5.41) is 3.46. The number of hydrogen-bond acceptors (Lipinski definition) is 2. The highest BCUT2D eigenvalue weighted by Crippen LogP contribution is 2.37. The Kier molecular flexibility index (Phi) is 3.87. The molecule has 0 atom stereocenters. The Hall–Kier alpha value is -1.80. The van der Waals surface area contributed by atoms with Crippen LogP contribution in [0, 0.1) is 0 Å². The fourth-order valence-electron chi connectivity index (χ4n) is 2.50. The normalized spacial score (nSPS) is 14.9. The van der Waals surface area contributed by atoms with E-state index in [-0.39, 0.29) is 17.8 Å². The van der Waals surface area contributed by atoms with Gasteiger partial charge in [0, 0.05) is 35.0 Å². The molecule has 0 radical (unpaired) electrons. The van der Waals surface area contributed by atoms with E-state index < -0.39 is 0 Å². The van der Waals surface area contributed by atoms with Crippen molar-refractivity contribution in [2.75, 3.05) is 11.9 Å². The van der Waals surface area contributed by atoms with Crippen molar-refractivity contribution in [1.29, 1.82) is 0 Å². The monoisotopic (exact) mass is 286 g/mol. The first-order chi connectivity index (χ1) is 9.08. The maximum atomic E-state index is 4.58. The van der Waals surface area contributed by atoms with Crippen LogP contribution in [0.3, 0.4) is 0 Å². The van der Waals surface area contributed by atoms with Crippen LogP contribution in [0.15, 0.2) is 49.2 Å². The molecule has 1 N–H and O–H groups in total. The SMILES string of the molecule is C=C(c1ccccc1)c1cc2c(cn1)C(C)(C)CN2.Cl. The number of fused-ring (bicyclic) bond motifs is 1. The fourth-order valence-corrected chi connectivity index (χ4v) is 2.50. The number of aromatic nitrogens is 1. The second-order valence-corrected chi connectivity index (χ2v) is 5.70. The number of pyridine rings is 1. The number of nitrogens with one attached hydrogen (secondary N) is 1. The van der Waals surface area contributed by atoms with Gasteiger partial charge >= 0.3 is 0 Å². The molecular weight excluding hydrogens is 268 g/mol. The van der Waals surface area contributed by atoms with Crippen LogP contribution in [0.1, 0.15) is 30.7 Å². The summed E-state index contributed by atoms with van der Waals surface area (Å²) in [5.41, 5.74) is 5.66. The predicted octanol–water partition coefficient (Wildman–Crippen LogP) is 4.27. The molecule has 0 saturated heterocycles. The minimum absolute atomic E-state index is 0. The molecule has 2 nitrogen and oxygen atoms in total. The van der Waals surface area contributed by atoms with E-state index >= 15 is 0 Å². The third-order valence-electron chi connectivity index (χ3n) is 3.79. The lowest BCUT2D eigenvalue weighted by atomic mass is 9.88. The third kappa shape index (κ3) is 2.44. The van der Waals surface area contributed by atoms with E-state index in [9.17, 15) is 0 Å². The maximum absolute atomic E-state index is 4.58. The van der Waals surface area contributed by atoms with Gasteiger partial charge in [0.05, 0.1) is 5.69 Å². The summed E-state index contributed by atoms with van der Waals surface area (Å²) in [7, 11) is 0. The van der Waals surface area contributed by atoms with Crippen molar-refractivity contribution in [3.8, 4) is 0 Å². The van der Waals surface area contributed by atoms with Gasteiger partial charge in [0.15, 0.2) is 0 Å². The van der Waals surface area contributed by atoms with Gasteiger partial charge in [0.2, 0.25) is 0 Å². The largest absolute Gasteiger partial charge is 0.384 e. The van der Waals surface area contributed by atoms with Crippen LogP contribution in [0.4, 0.5) is 5.69 Å². The number of halogens is 1. The van der Waals surface area contributed by atoms with Gasteiger partial charge in [-0.05, 0) is 11.6 Å².